The standard InChI is InChI=1S/C25H35N3O2/c1-18(2)28(23-8-6-5-7-9-23)25(29)21-14-19(3)15-24(16-21)30-17-20(4)27-22-10-12-26-13-11-22/h10-16,18,20,23H,5-9,17H2,1-4H3,(H,26,27). The number of aromatic nitrogens is 1. The van der Waals surface area contributed by atoms with Gasteiger partial charge in [0.1, 0.15) is 12.4 Å². The van der Waals surface area contributed by atoms with E-state index in [2.05, 4.69) is 36.0 Å². The number of hydrogen-bond donors (Lipinski definition) is 1. The van der Waals surface area contributed by atoms with E-state index in [4.69, 9.17) is 4.74 Å². The highest BCUT2D eigenvalue weighted by Gasteiger charge is 2.28. The Bertz CT molecular complexity index is 816. The van der Waals surface area contributed by atoms with Crippen LogP contribution in [-0.2, 0) is 0 Å². The largest absolute Gasteiger partial charge is 0.491 e. The third-order valence-corrected chi connectivity index (χ3v) is 5.65. The van der Waals surface area contributed by atoms with E-state index in [-0.39, 0.29) is 18.0 Å². The number of nitrogens with one attached hydrogen (secondary N) is 1. The molecule has 1 aliphatic carbocycles. The van der Waals surface area contributed by atoms with Crippen LogP contribution in [-0.4, -0.2) is 40.5 Å². The molecule has 162 valence electrons. The van der Waals surface area contributed by atoms with Crippen LogP contribution in [0.15, 0.2) is 42.7 Å². The Morgan fingerprint density at radius 3 is 2.50 bits per heavy atom. The molecule has 30 heavy (non-hydrogen) atoms. The number of ether oxygens (including phenoxy) is 1. The fourth-order valence-electron chi connectivity index (χ4n) is 4.28. The lowest BCUT2D eigenvalue weighted by Crippen LogP contribution is -2.45. The Morgan fingerprint density at radius 1 is 1.13 bits per heavy atom. The molecule has 1 heterocycles. The van der Waals surface area contributed by atoms with Crippen LogP contribution in [0, 0.1) is 6.92 Å². The maximum Gasteiger partial charge on any atom is 0.254 e. The molecule has 0 spiro atoms. The summed E-state index contributed by atoms with van der Waals surface area (Å²) >= 11 is 0. The van der Waals surface area contributed by atoms with Crippen molar-refractivity contribution in [3.8, 4) is 5.75 Å². The Hall–Kier alpha value is -2.56. The number of amides is 1. The first kappa shape index (κ1) is 22.1. The number of benzene rings is 1. The second-order valence-corrected chi connectivity index (χ2v) is 8.73. The summed E-state index contributed by atoms with van der Waals surface area (Å²) in [4.78, 5) is 19.5. The Labute approximate surface area is 180 Å². The Balaban J connectivity index is 1.68. The van der Waals surface area contributed by atoms with Gasteiger partial charge in [0.2, 0.25) is 0 Å². The van der Waals surface area contributed by atoms with E-state index in [1.54, 1.807) is 12.4 Å². The van der Waals surface area contributed by atoms with Gasteiger partial charge in [0.15, 0.2) is 0 Å². The van der Waals surface area contributed by atoms with Gasteiger partial charge in [0.05, 0.1) is 6.04 Å². The number of rotatable bonds is 8. The fourth-order valence-corrected chi connectivity index (χ4v) is 4.28. The van der Waals surface area contributed by atoms with Crippen molar-refractivity contribution in [1.82, 2.24) is 9.88 Å². The summed E-state index contributed by atoms with van der Waals surface area (Å²) in [6.07, 6.45) is 9.46. The minimum Gasteiger partial charge on any atom is -0.491 e. The number of carbonyl (C=O) groups is 1. The molecule has 1 atom stereocenters. The van der Waals surface area contributed by atoms with Gasteiger partial charge in [-0.1, -0.05) is 19.3 Å². The molecular weight excluding hydrogens is 374 g/mol. The topological polar surface area (TPSA) is 54.5 Å². The van der Waals surface area contributed by atoms with E-state index in [0.717, 1.165) is 35.4 Å². The van der Waals surface area contributed by atoms with Gasteiger partial charge < -0.3 is 15.0 Å². The van der Waals surface area contributed by atoms with Crippen LogP contribution < -0.4 is 10.1 Å². The number of hydrogen-bond acceptors (Lipinski definition) is 4. The maximum atomic E-state index is 13.4. The van der Waals surface area contributed by atoms with Gasteiger partial charge in [0.25, 0.3) is 5.91 Å². The molecule has 1 N–H and O–H groups in total. The maximum absolute atomic E-state index is 13.4. The van der Waals surface area contributed by atoms with E-state index in [1.165, 1.54) is 19.3 Å². The lowest BCUT2D eigenvalue weighted by atomic mass is 9.92. The number of anilines is 1. The predicted molar refractivity (Wildman–Crippen MR) is 122 cm³/mol. The van der Waals surface area contributed by atoms with Crippen LogP contribution >= 0.6 is 0 Å². The molecule has 0 saturated heterocycles. The predicted octanol–water partition coefficient (Wildman–Crippen LogP) is 5.45. The molecule has 0 bridgehead atoms. The summed E-state index contributed by atoms with van der Waals surface area (Å²) in [6.45, 7) is 8.84. The molecule has 1 unspecified atom stereocenters. The van der Waals surface area contributed by atoms with E-state index < -0.39 is 0 Å². The van der Waals surface area contributed by atoms with Crippen LogP contribution in [0.4, 0.5) is 5.69 Å². The SMILES string of the molecule is Cc1cc(OCC(C)Nc2ccncc2)cc(C(=O)N(C(C)C)C2CCCCC2)c1. The van der Waals surface area contributed by atoms with Gasteiger partial charge in [0, 0.05) is 35.7 Å². The molecule has 0 radical (unpaired) electrons. The highest BCUT2D eigenvalue weighted by atomic mass is 16.5. The van der Waals surface area contributed by atoms with Crippen molar-refractivity contribution < 1.29 is 9.53 Å². The number of pyridine rings is 1. The number of carbonyl (C=O) groups excluding carboxylic acids is 1. The van der Waals surface area contributed by atoms with Crippen molar-refractivity contribution in [2.75, 3.05) is 11.9 Å². The van der Waals surface area contributed by atoms with Gasteiger partial charge in [-0.25, -0.2) is 0 Å². The fraction of sp³-hybridized carbons (Fsp3) is 0.520. The van der Waals surface area contributed by atoms with Crippen molar-refractivity contribution >= 4 is 11.6 Å². The molecule has 1 aromatic heterocycles. The molecule has 1 amide bonds. The van der Waals surface area contributed by atoms with Crippen molar-refractivity contribution in [1.29, 1.82) is 0 Å². The molecule has 0 aliphatic heterocycles. The number of aryl methyl sites for hydroxylation is 1. The van der Waals surface area contributed by atoms with Crippen LogP contribution in [0.5, 0.6) is 5.75 Å². The van der Waals surface area contributed by atoms with Crippen LogP contribution in [0.25, 0.3) is 0 Å². The average Bonchev–Trinajstić information content (AvgIpc) is 2.73. The molecule has 2 aromatic rings. The molecular formula is C25H35N3O2. The first-order valence-corrected chi connectivity index (χ1v) is 11.2. The number of nitrogens with zero attached hydrogens (tertiary/aromatic N) is 2. The van der Waals surface area contributed by atoms with Crippen molar-refractivity contribution in [3.63, 3.8) is 0 Å². The molecule has 1 aliphatic rings. The van der Waals surface area contributed by atoms with Gasteiger partial charge in [-0.05, 0) is 76.4 Å². The van der Waals surface area contributed by atoms with Crippen LogP contribution in [0.2, 0.25) is 0 Å². The van der Waals surface area contributed by atoms with Gasteiger partial charge in [-0.2, -0.15) is 0 Å². The monoisotopic (exact) mass is 409 g/mol. The highest BCUT2D eigenvalue weighted by Crippen LogP contribution is 2.27. The van der Waals surface area contributed by atoms with Crippen molar-refractivity contribution in [2.45, 2.75) is 77.9 Å². The van der Waals surface area contributed by atoms with Crippen LogP contribution in [0.3, 0.4) is 0 Å². The molecule has 3 rings (SSSR count). The summed E-state index contributed by atoms with van der Waals surface area (Å²) in [5, 5.41) is 3.40. The van der Waals surface area contributed by atoms with Crippen molar-refractivity contribution in [3.05, 3.63) is 53.9 Å². The molecule has 1 fully saturated rings. The molecule has 5 heteroatoms. The van der Waals surface area contributed by atoms with E-state index in [0.29, 0.717) is 12.6 Å². The van der Waals surface area contributed by atoms with Crippen LogP contribution in [0.1, 0.15) is 68.8 Å². The normalized spacial score (nSPS) is 15.6. The third-order valence-electron chi connectivity index (χ3n) is 5.65. The average molecular weight is 410 g/mol. The zero-order valence-corrected chi connectivity index (χ0v) is 18.7. The van der Waals surface area contributed by atoms with E-state index in [1.807, 2.05) is 37.3 Å². The molecule has 5 nitrogen and oxygen atoms in total. The van der Waals surface area contributed by atoms with Gasteiger partial charge >= 0.3 is 0 Å². The summed E-state index contributed by atoms with van der Waals surface area (Å²) in [5.74, 6) is 0.863. The minimum atomic E-state index is 0.119. The lowest BCUT2D eigenvalue weighted by Gasteiger charge is -2.37. The third kappa shape index (κ3) is 5.97. The van der Waals surface area contributed by atoms with Gasteiger partial charge in [-0.15, -0.1) is 0 Å². The zero-order valence-electron chi connectivity index (χ0n) is 18.7. The summed E-state index contributed by atoms with van der Waals surface area (Å²) in [7, 11) is 0. The first-order chi connectivity index (χ1) is 14.4. The summed E-state index contributed by atoms with van der Waals surface area (Å²) < 4.78 is 6.05. The summed E-state index contributed by atoms with van der Waals surface area (Å²) in [6, 6.07) is 10.4. The minimum absolute atomic E-state index is 0.119. The summed E-state index contributed by atoms with van der Waals surface area (Å²) in [5.41, 5.74) is 2.78. The first-order valence-electron chi connectivity index (χ1n) is 11.2. The van der Waals surface area contributed by atoms with E-state index >= 15 is 0 Å². The Kier molecular flexibility index (Phi) is 7.72. The quantitative estimate of drug-likeness (QED) is 0.630. The second kappa shape index (κ2) is 10.5. The van der Waals surface area contributed by atoms with E-state index in [9.17, 15) is 4.79 Å². The van der Waals surface area contributed by atoms with Crippen molar-refractivity contribution in [2.24, 2.45) is 0 Å². The smallest absolute Gasteiger partial charge is 0.254 e. The molecule has 1 saturated carbocycles. The van der Waals surface area contributed by atoms with Gasteiger partial charge in [-0.3, -0.25) is 9.78 Å². The lowest BCUT2D eigenvalue weighted by molar-refractivity contribution is 0.0555. The second-order valence-electron chi connectivity index (χ2n) is 8.73. The highest BCUT2D eigenvalue weighted by molar-refractivity contribution is 5.95. The Morgan fingerprint density at radius 2 is 1.83 bits per heavy atom. The molecule has 1 aromatic carbocycles. The zero-order chi connectivity index (χ0) is 21.5.